The van der Waals surface area contributed by atoms with Gasteiger partial charge in [0.25, 0.3) is 0 Å². The van der Waals surface area contributed by atoms with Crippen LogP contribution in [0.4, 0.5) is 0 Å². The lowest BCUT2D eigenvalue weighted by atomic mass is 9.84. The first-order chi connectivity index (χ1) is 11.3. The normalized spacial score (nSPS) is 18.5. The van der Waals surface area contributed by atoms with Gasteiger partial charge in [-0.25, -0.2) is 0 Å². The zero-order chi connectivity index (χ0) is 17.9. The van der Waals surface area contributed by atoms with Gasteiger partial charge in [0.05, 0.1) is 6.26 Å². The Kier molecular flexibility index (Phi) is 5.50. The molecule has 1 aliphatic rings. The number of carbonyl (C=O) groups excluding carboxylic acids is 1. The molecule has 0 aliphatic heterocycles. The first-order valence-corrected chi connectivity index (χ1v) is 8.14. The van der Waals surface area contributed by atoms with Crippen LogP contribution in [-0.2, 0) is 4.79 Å². The lowest BCUT2D eigenvalue weighted by Gasteiger charge is -2.23. The van der Waals surface area contributed by atoms with Crippen LogP contribution >= 0.6 is 0 Å². The second-order valence-electron chi connectivity index (χ2n) is 6.32. The van der Waals surface area contributed by atoms with Gasteiger partial charge >= 0.3 is 0 Å². The highest BCUT2D eigenvalue weighted by atomic mass is 16.5. The second-order valence-corrected chi connectivity index (χ2v) is 6.32. The van der Waals surface area contributed by atoms with E-state index in [0.717, 1.165) is 24.8 Å². The quantitative estimate of drug-likeness (QED) is 0.477. The molecule has 3 N–H and O–H groups in total. The average Bonchev–Trinajstić information content (AvgIpc) is 2.46. The van der Waals surface area contributed by atoms with Crippen molar-refractivity contribution >= 4 is 11.4 Å². The third-order valence-electron chi connectivity index (χ3n) is 4.31. The Morgan fingerprint density at radius 1 is 1.42 bits per heavy atom. The van der Waals surface area contributed by atoms with Crippen molar-refractivity contribution < 1.29 is 14.6 Å². The highest BCUT2D eigenvalue weighted by Gasteiger charge is 2.24. The number of phenolic OH excluding ortho intramolecular Hbond substituents is 1. The molecular formula is C20H25NO3. The van der Waals surface area contributed by atoms with Crippen LogP contribution in [0.25, 0.3) is 5.57 Å². The molecular weight excluding hydrogens is 302 g/mol. The number of allylic oxidation sites excluding steroid dienone is 4. The monoisotopic (exact) mass is 327 g/mol. The van der Waals surface area contributed by atoms with Crippen molar-refractivity contribution in [2.24, 2.45) is 5.73 Å². The predicted octanol–water partition coefficient (Wildman–Crippen LogP) is 4.41. The Bertz CT molecular complexity index is 725. The number of Topliss-reactive ketones (excluding diaryl/α,β-unsaturated/α-hetero) is 1. The van der Waals surface area contributed by atoms with Crippen LogP contribution in [0.3, 0.4) is 0 Å². The van der Waals surface area contributed by atoms with Gasteiger partial charge in [0.2, 0.25) is 0 Å². The van der Waals surface area contributed by atoms with E-state index in [1.54, 1.807) is 19.1 Å². The number of aromatic hydroxyl groups is 1. The van der Waals surface area contributed by atoms with E-state index in [-0.39, 0.29) is 17.5 Å². The van der Waals surface area contributed by atoms with Crippen LogP contribution in [0.1, 0.15) is 57.1 Å². The van der Waals surface area contributed by atoms with Gasteiger partial charge in [-0.2, -0.15) is 0 Å². The zero-order valence-corrected chi connectivity index (χ0v) is 14.6. The minimum absolute atomic E-state index is 0.0893. The van der Waals surface area contributed by atoms with Gasteiger partial charge in [0.1, 0.15) is 11.5 Å². The van der Waals surface area contributed by atoms with Gasteiger partial charge in [0.15, 0.2) is 5.78 Å². The summed E-state index contributed by atoms with van der Waals surface area (Å²) in [5, 5.41) is 10.6. The van der Waals surface area contributed by atoms with E-state index in [1.807, 2.05) is 0 Å². The maximum atomic E-state index is 11.9. The fourth-order valence-corrected chi connectivity index (χ4v) is 3.36. The minimum Gasteiger partial charge on any atom is -0.507 e. The average molecular weight is 327 g/mol. The Hall–Kier alpha value is -2.49. The summed E-state index contributed by atoms with van der Waals surface area (Å²) in [6.07, 6.45) is 6.60. The topological polar surface area (TPSA) is 72.5 Å². The minimum atomic E-state index is -0.153. The molecule has 4 nitrogen and oxygen atoms in total. The molecule has 0 bridgehead atoms. The van der Waals surface area contributed by atoms with E-state index in [2.05, 4.69) is 19.6 Å². The molecule has 1 aromatic rings. The van der Waals surface area contributed by atoms with Gasteiger partial charge in [0, 0.05) is 22.8 Å². The first kappa shape index (κ1) is 17.9. The van der Waals surface area contributed by atoms with Crippen molar-refractivity contribution in [3.63, 3.8) is 0 Å². The van der Waals surface area contributed by atoms with Crippen molar-refractivity contribution in [2.75, 3.05) is 0 Å². The van der Waals surface area contributed by atoms with Crippen LogP contribution in [0.5, 0.6) is 11.5 Å². The summed E-state index contributed by atoms with van der Waals surface area (Å²) >= 11 is 0. The highest BCUT2D eigenvalue weighted by Crippen LogP contribution is 2.43. The SMILES string of the molecule is C=COc1cc(/C(C(C)=O)=C(\C)N)cc(O)c1C1C=C(C)CCC1. The Morgan fingerprint density at radius 3 is 2.67 bits per heavy atom. The van der Waals surface area contributed by atoms with Crippen molar-refractivity contribution in [3.8, 4) is 11.5 Å². The maximum Gasteiger partial charge on any atom is 0.162 e. The summed E-state index contributed by atoms with van der Waals surface area (Å²) < 4.78 is 5.56. The van der Waals surface area contributed by atoms with Crippen LogP contribution in [-0.4, -0.2) is 10.9 Å². The van der Waals surface area contributed by atoms with Gasteiger partial charge < -0.3 is 15.6 Å². The molecule has 1 aromatic carbocycles. The molecule has 1 atom stereocenters. The van der Waals surface area contributed by atoms with Crippen molar-refractivity contribution in [3.05, 3.63) is 53.4 Å². The number of hydrogen-bond donors (Lipinski definition) is 2. The molecule has 0 amide bonds. The standard InChI is InChI=1S/C20H25NO3/c1-5-24-18-11-16(19(13(3)21)14(4)22)10-17(23)20(18)15-8-6-7-12(2)9-15/h5,9-11,15,23H,1,6-8,21H2,2-4H3/b19-13+. The van der Waals surface area contributed by atoms with Crippen LogP contribution in [0.2, 0.25) is 0 Å². The van der Waals surface area contributed by atoms with E-state index in [1.165, 1.54) is 18.8 Å². The molecule has 0 saturated carbocycles. The van der Waals surface area contributed by atoms with E-state index >= 15 is 0 Å². The fraction of sp³-hybridized carbons (Fsp3) is 0.350. The summed E-state index contributed by atoms with van der Waals surface area (Å²) in [5.74, 6) is 0.558. The lowest BCUT2D eigenvalue weighted by Crippen LogP contribution is -2.08. The van der Waals surface area contributed by atoms with Gasteiger partial charge in [-0.1, -0.05) is 18.2 Å². The molecule has 4 heteroatoms. The highest BCUT2D eigenvalue weighted by molar-refractivity contribution is 6.20. The molecule has 1 aliphatic carbocycles. The predicted molar refractivity (Wildman–Crippen MR) is 96.7 cm³/mol. The number of ether oxygens (including phenoxy) is 1. The lowest BCUT2D eigenvalue weighted by molar-refractivity contribution is -0.111. The number of rotatable bonds is 5. The largest absolute Gasteiger partial charge is 0.507 e. The van der Waals surface area contributed by atoms with Crippen LogP contribution in [0.15, 0.2) is 42.3 Å². The molecule has 0 saturated heterocycles. The molecule has 2 rings (SSSR count). The number of carbonyl (C=O) groups is 1. The molecule has 1 unspecified atom stereocenters. The molecule has 0 heterocycles. The number of ketones is 1. The molecule has 128 valence electrons. The second kappa shape index (κ2) is 7.39. The van der Waals surface area contributed by atoms with Gasteiger partial charge in [-0.05, 0) is 57.7 Å². The molecule has 24 heavy (non-hydrogen) atoms. The van der Waals surface area contributed by atoms with Crippen molar-refractivity contribution in [2.45, 2.75) is 46.0 Å². The Labute approximate surface area is 143 Å². The first-order valence-electron chi connectivity index (χ1n) is 8.14. The molecule has 0 radical (unpaired) electrons. The maximum absolute atomic E-state index is 11.9. The van der Waals surface area contributed by atoms with E-state index < -0.39 is 0 Å². The Morgan fingerprint density at radius 2 is 2.12 bits per heavy atom. The fourth-order valence-electron chi connectivity index (χ4n) is 3.36. The van der Waals surface area contributed by atoms with Crippen molar-refractivity contribution in [1.29, 1.82) is 0 Å². The molecule has 0 spiro atoms. The molecule has 0 aromatic heterocycles. The third kappa shape index (κ3) is 3.70. The summed E-state index contributed by atoms with van der Waals surface area (Å²) in [6, 6.07) is 3.34. The summed E-state index contributed by atoms with van der Waals surface area (Å²) in [5.41, 5.74) is 9.24. The summed E-state index contributed by atoms with van der Waals surface area (Å²) in [6.45, 7) is 8.83. The van der Waals surface area contributed by atoms with Crippen LogP contribution in [0, 0.1) is 0 Å². The number of phenols is 1. The third-order valence-corrected chi connectivity index (χ3v) is 4.31. The van der Waals surface area contributed by atoms with Crippen molar-refractivity contribution in [1.82, 2.24) is 0 Å². The van der Waals surface area contributed by atoms with Gasteiger partial charge in [-0.15, -0.1) is 0 Å². The van der Waals surface area contributed by atoms with Crippen LogP contribution < -0.4 is 10.5 Å². The summed E-state index contributed by atoms with van der Waals surface area (Å²) in [7, 11) is 0. The van der Waals surface area contributed by atoms with E-state index in [9.17, 15) is 9.90 Å². The van der Waals surface area contributed by atoms with E-state index in [4.69, 9.17) is 10.5 Å². The van der Waals surface area contributed by atoms with E-state index in [0.29, 0.717) is 22.6 Å². The number of nitrogens with two attached hydrogens (primary N) is 1. The molecule has 0 fully saturated rings. The smallest absolute Gasteiger partial charge is 0.162 e. The Balaban J connectivity index is 2.62. The number of benzene rings is 1. The zero-order valence-electron chi connectivity index (χ0n) is 14.6. The van der Waals surface area contributed by atoms with Gasteiger partial charge in [-0.3, -0.25) is 4.79 Å². The number of hydrogen-bond acceptors (Lipinski definition) is 4. The summed E-state index contributed by atoms with van der Waals surface area (Å²) in [4.78, 5) is 11.9.